The molecule has 0 atom stereocenters. The van der Waals surface area contributed by atoms with Crippen LogP contribution in [-0.4, -0.2) is 18.3 Å². The van der Waals surface area contributed by atoms with Crippen molar-refractivity contribution in [3.8, 4) is 11.1 Å². The van der Waals surface area contributed by atoms with Crippen molar-refractivity contribution in [2.45, 2.75) is 6.92 Å². The van der Waals surface area contributed by atoms with Crippen LogP contribution in [0.3, 0.4) is 0 Å². The predicted molar refractivity (Wildman–Crippen MR) is 74.3 cm³/mol. The van der Waals surface area contributed by atoms with Crippen molar-refractivity contribution >= 4 is 28.4 Å². The van der Waals surface area contributed by atoms with Gasteiger partial charge >= 0.3 is 0 Å². The second kappa shape index (κ2) is 6.00. The van der Waals surface area contributed by atoms with Crippen LogP contribution in [0, 0.1) is 0 Å². The molecule has 1 N–H and O–H groups in total. The summed E-state index contributed by atoms with van der Waals surface area (Å²) in [5, 5.41) is 15.1. The predicted octanol–water partition coefficient (Wildman–Crippen LogP) is 3.85. The molecular formula is C13H14O2S2. The van der Waals surface area contributed by atoms with E-state index in [1.807, 2.05) is 13.0 Å². The van der Waals surface area contributed by atoms with Gasteiger partial charge in [-0.2, -0.15) is 11.3 Å². The van der Waals surface area contributed by atoms with E-state index in [2.05, 4.69) is 28.3 Å². The average molecular weight is 266 g/mol. The molecule has 0 aliphatic heterocycles. The molecule has 90 valence electrons. The molecule has 0 fully saturated rings. The molecule has 0 aliphatic rings. The van der Waals surface area contributed by atoms with Crippen LogP contribution in [-0.2, 0) is 4.74 Å². The third-order valence-corrected chi connectivity index (χ3v) is 3.94. The number of aliphatic hydroxyl groups excluding tert-OH is 1. The van der Waals surface area contributed by atoms with Gasteiger partial charge in [-0.3, -0.25) is 0 Å². The Morgan fingerprint density at radius 2 is 2.29 bits per heavy atom. The number of aliphatic hydroxyl groups is 1. The van der Waals surface area contributed by atoms with E-state index in [1.165, 1.54) is 11.1 Å². The summed E-state index contributed by atoms with van der Waals surface area (Å²) in [5.41, 5.74) is 2.47. The molecule has 2 aromatic heterocycles. The van der Waals surface area contributed by atoms with Gasteiger partial charge in [-0.15, -0.1) is 11.3 Å². The molecule has 2 heterocycles. The molecule has 0 saturated heterocycles. The van der Waals surface area contributed by atoms with Crippen molar-refractivity contribution in [3.05, 3.63) is 39.2 Å². The van der Waals surface area contributed by atoms with Gasteiger partial charge in [0.1, 0.15) is 12.4 Å². The summed E-state index contributed by atoms with van der Waals surface area (Å²) in [6, 6.07) is 4.24. The van der Waals surface area contributed by atoms with Crippen molar-refractivity contribution in [2.24, 2.45) is 0 Å². The van der Waals surface area contributed by atoms with Crippen LogP contribution in [0.15, 0.2) is 34.3 Å². The summed E-state index contributed by atoms with van der Waals surface area (Å²) < 4.78 is 5.48. The van der Waals surface area contributed by atoms with Crippen LogP contribution >= 0.6 is 22.7 Å². The Labute approximate surface area is 109 Å². The lowest BCUT2D eigenvalue weighted by molar-refractivity contribution is 0.181. The van der Waals surface area contributed by atoms with E-state index in [0.29, 0.717) is 6.61 Å². The highest BCUT2D eigenvalue weighted by atomic mass is 32.1. The molecule has 0 bridgehead atoms. The number of hydrogen-bond acceptors (Lipinski definition) is 4. The first-order valence-corrected chi connectivity index (χ1v) is 7.19. The minimum Gasteiger partial charge on any atom is -0.490 e. The molecule has 0 unspecified atom stereocenters. The Balaban J connectivity index is 2.17. The van der Waals surface area contributed by atoms with Crippen LogP contribution in [0.1, 0.15) is 11.8 Å². The maximum absolute atomic E-state index is 8.77. The van der Waals surface area contributed by atoms with Gasteiger partial charge in [0, 0.05) is 0 Å². The zero-order valence-electron chi connectivity index (χ0n) is 9.55. The van der Waals surface area contributed by atoms with Crippen molar-refractivity contribution in [1.82, 2.24) is 0 Å². The van der Waals surface area contributed by atoms with Crippen molar-refractivity contribution < 1.29 is 9.84 Å². The second-order valence-electron chi connectivity index (χ2n) is 3.44. The largest absolute Gasteiger partial charge is 0.490 e. The number of hydrogen-bond donors (Lipinski definition) is 1. The first kappa shape index (κ1) is 12.4. The van der Waals surface area contributed by atoms with Crippen molar-refractivity contribution in [2.75, 3.05) is 13.2 Å². The van der Waals surface area contributed by atoms with E-state index in [-0.39, 0.29) is 6.61 Å². The zero-order valence-corrected chi connectivity index (χ0v) is 11.2. The first-order valence-electron chi connectivity index (χ1n) is 5.36. The van der Waals surface area contributed by atoms with Crippen molar-refractivity contribution in [3.63, 3.8) is 0 Å². The number of ether oxygens (including phenoxy) is 1. The highest BCUT2D eigenvalue weighted by molar-refractivity contribution is 7.11. The standard InChI is InChI=1S/C13H14O2S2/c1-2-12(15-5-4-14)13-7-11(9-17-13)10-3-6-16-8-10/h2-3,6-9,14H,4-5H2,1H3/b12-2-. The van der Waals surface area contributed by atoms with Gasteiger partial charge in [0.2, 0.25) is 0 Å². The Kier molecular flexibility index (Phi) is 4.36. The lowest BCUT2D eigenvalue weighted by Gasteiger charge is -2.05. The first-order chi connectivity index (χ1) is 8.35. The Morgan fingerprint density at radius 1 is 1.41 bits per heavy atom. The molecule has 2 aromatic rings. The van der Waals surface area contributed by atoms with Crippen LogP contribution in [0.2, 0.25) is 0 Å². The molecule has 0 saturated carbocycles. The van der Waals surface area contributed by atoms with Gasteiger partial charge in [0.05, 0.1) is 11.5 Å². The Bertz CT molecular complexity index is 483. The molecule has 0 aromatic carbocycles. The Morgan fingerprint density at radius 3 is 2.94 bits per heavy atom. The second-order valence-corrected chi connectivity index (χ2v) is 5.13. The summed E-state index contributed by atoms with van der Waals surface area (Å²) in [5.74, 6) is 0.838. The van der Waals surface area contributed by atoms with Gasteiger partial charge in [0.15, 0.2) is 0 Å². The maximum atomic E-state index is 8.77. The van der Waals surface area contributed by atoms with Crippen LogP contribution in [0.4, 0.5) is 0 Å². The summed E-state index contributed by atoms with van der Waals surface area (Å²) >= 11 is 3.36. The van der Waals surface area contributed by atoms with Gasteiger partial charge in [0.25, 0.3) is 0 Å². The summed E-state index contributed by atoms with van der Waals surface area (Å²) in [6.45, 7) is 2.32. The van der Waals surface area contributed by atoms with Crippen LogP contribution in [0.25, 0.3) is 16.9 Å². The monoisotopic (exact) mass is 266 g/mol. The molecule has 0 spiro atoms. The molecule has 4 heteroatoms. The smallest absolute Gasteiger partial charge is 0.132 e. The number of rotatable bonds is 5. The maximum Gasteiger partial charge on any atom is 0.132 e. The van der Waals surface area contributed by atoms with Gasteiger partial charge < -0.3 is 9.84 Å². The van der Waals surface area contributed by atoms with Gasteiger partial charge in [-0.05, 0) is 52.4 Å². The topological polar surface area (TPSA) is 29.5 Å². The molecular weight excluding hydrogens is 252 g/mol. The van der Waals surface area contributed by atoms with Crippen LogP contribution in [0.5, 0.6) is 0 Å². The number of allylic oxidation sites excluding steroid dienone is 1. The van der Waals surface area contributed by atoms with Gasteiger partial charge in [-0.25, -0.2) is 0 Å². The molecule has 0 aliphatic carbocycles. The normalized spacial score (nSPS) is 11.8. The van der Waals surface area contributed by atoms with E-state index in [1.54, 1.807) is 22.7 Å². The van der Waals surface area contributed by atoms with Gasteiger partial charge in [-0.1, -0.05) is 0 Å². The van der Waals surface area contributed by atoms with E-state index >= 15 is 0 Å². The zero-order chi connectivity index (χ0) is 12.1. The molecule has 2 rings (SSSR count). The van der Waals surface area contributed by atoms with E-state index in [0.717, 1.165) is 10.6 Å². The van der Waals surface area contributed by atoms with Crippen molar-refractivity contribution in [1.29, 1.82) is 0 Å². The summed E-state index contributed by atoms with van der Waals surface area (Å²) in [4.78, 5) is 1.10. The SMILES string of the molecule is C/C=C(\OCCO)c1cc(-c2ccsc2)cs1. The quantitative estimate of drug-likeness (QED) is 0.833. The molecule has 0 amide bonds. The number of thiophene rings is 2. The summed E-state index contributed by atoms with van der Waals surface area (Å²) in [7, 11) is 0. The highest BCUT2D eigenvalue weighted by Crippen LogP contribution is 2.31. The molecule has 17 heavy (non-hydrogen) atoms. The Hall–Kier alpha value is -1.10. The van der Waals surface area contributed by atoms with Crippen LogP contribution < -0.4 is 0 Å². The van der Waals surface area contributed by atoms with E-state index in [9.17, 15) is 0 Å². The minimum absolute atomic E-state index is 0.0418. The lowest BCUT2D eigenvalue weighted by atomic mass is 10.2. The third kappa shape index (κ3) is 2.97. The fourth-order valence-corrected chi connectivity index (χ4v) is 3.11. The average Bonchev–Trinajstić information content (AvgIpc) is 3.00. The van der Waals surface area contributed by atoms with E-state index in [4.69, 9.17) is 9.84 Å². The minimum atomic E-state index is 0.0418. The highest BCUT2D eigenvalue weighted by Gasteiger charge is 2.07. The third-order valence-electron chi connectivity index (χ3n) is 2.31. The van der Waals surface area contributed by atoms with E-state index < -0.39 is 0 Å². The molecule has 0 radical (unpaired) electrons. The molecule has 2 nitrogen and oxygen atoms in total. The fraction of sp³-hybridized carbons (Fsp3) is 0.231. The lowest BCUT2D eigenvalue weighted by Crippen LogP contribution is -1.97. The summed E-state index contributed by atoms with van der Waals surface area (Å²) in [6.07, 6.45) is 1.93. The fourth-order valence-electron chi connectivity index (χ4n) is 1.50.